The van der Waals surface area contributed by atoms with Gasteiger partial charge in [0.05, 0.1) is 6.54 Å². The standard InChI is InChI=1S/C22H39N5O2/c1-2-24-9-11-25(12-10-24)8-4-7-23-21(28)17-26-14-18-13-19(16-26)20-5-3-6-22(29)27(20)15-18/h18-20H,2-17H2,1H3,(H,23,28)/t18?,19?,20-/m1/s1. The van der Waals surface area contributed by atoms with Gasteiger partial charge in [-0.3, -0.25) is 14.5 Å². The van der Waals surface area contributed by atoms with E-state index in [1.807, 2.05) is 0 Å². The van der Waals surface area contributed by atoms with E-state index < -0.39 is 0 Å². The van der Waals surface area contributed by atoms with Crippen LogP contribution in [0.5, 0.6) is 0 Å². The number of hydrogen-bond acceptors (Lipinski definition) is 5. The maximum atomic E-state index is 12.5. The van der Waals surface area contributed by atoms with E-state index in [9.17, 15) is 9.59 Å². The maximum Gasteiger partial charge on any atom is 0.234 e. The molecule has 7 nitrogen and oxygen atoms in total. The molecule has 0 aliphatic carbocycles. The summed E-state index contributed by atoms with van der Waals surface area (Å²) in [5.74, 6) is 1.62. The minimum Gasteiger partial charge on any atom is -0.355 e. The zero-order valence-corrected chi connectivity index (χ0v) is 18.2. The van der Waals surface area contributed by atoms with Crippen molar-refractivity contribution in [2.75, 3.05) is 72.0 Å². The first-order valence-electron chi connectivity index (χ1n) is 11.9. The summed E-state index contributed by atoms with van der Waals surface area (Å²) >= 11 is 0. The summed E-state index contributed by atoms with van der Waals surface area (Å²) in [6.45, 7) is 13.2. The van der Waals surface area contributed by atoms with Crippen LogP contribution in [0.3, 0.4) is 0 Å². The van der Waals surface area contributed by atoms with Crippen LogP contribution in [0.2, 0.25) is 0 Å². The number of piperidine rings is 3. The third kappa shape index (κ3) is 5.30. The number of likely N-dealkylation sites (N-methyl/N-ethyl adjacent to an activating group) is 1. The first kappa shape index (κ1) is 21.1. The van der Waals surface area contributed by atoms with Crippen LogP contribution >= 0.6 is 0 Å². The van der Waals surface area contributed by atoms with Gasteiger partial charge in [0, 0.05) is 64.8 Å². The third-order valence-electron chi connectivity index (χ3n) is 7.51. The van der Waals surface area contributed by atoms with Gasteiger partial charge in [0.1, 0.15) is 0 Å². The molecule has 2 unspecified atom stereocenters. The smallest absolute Gasteiger partial charge is 0.234 e. The van der Waals surface area contributed by atoms with Gasteiger partial charge in [0.2, 0.25) is 11.8 Å². The Hall–Kier alpha value is -1.18. The van der Waals surface area contributed by atoms with Crippen molar-refractivity contribution in [2.45, 2.75) is 45.1 Å². The molecule has 7 heteroatoms. The molecule has 4 aliphatic rings. The Labute approximate surface area is 175 Å². The zero-order valence-electron chi connectivity index (χ0n) is 18.2. The lowest BCUT2D eigenvalue weighted by Crippen LogP contribution is -2.61. The van der Waals surface area contributed by atoms with Crippen molar-refractivity contribution in [3.05, 3.63) is 0 Å². The van der Waals surface area contributed by atoms with E-state index >= 15 is 0 Å². The van der Waals surface area contributed by atoms with E-state index in [0.29, 0.717) is 30.3 Å². The second kappa shape index (κ2) is 9.75. The molecule has 0 spiro atoms. The van der Waals surface area contributed by atoms with Gasteiger partial charge in [-0.05, 0) is 50.6 Å². The van der Waals surface area contributed by atoms with Crippen LogP contribution in [0, 0.1) is 11.8 Å². The number of fused-ring (bicyclic) bond motifs is 4. The topological polar surface area (TPSA) is 59.1 Å². The molecule has 4 fully saturated rings. The van der Waals surface area contributed by atoms with E-state index in [-0.39, 0.29) is 5.91 Å². The quantitative estimate of drug-likeness (QED) is 0.624. The summed E-state index contributed by atoms with van der Waals surface area (Å²) in [6.07, 6.45) is 5.18. The molecule has 0 aromatic rings. The SMILES string of the molecule is CCN1CCN(CCCNC(=O)CN2CC3CC(C2)[C@H]2CCCC(=O)N2C3)CC1. The average molecular weight is 406 g/mol. The normalized spacial score (nSPS) is 31.6. The molecule has 164 valence electrons. The fraction of sp³-hybridized carbons (Fsp3) is 0.909. The van der Waals surface area contributed by atoms with Crippen molar-refractivity contribution in [1.82, 2.24) is 24.9 Å². The largest absolute Gasteiger partial charge is 0.355 e. The Morgan fingerprint density at radius 2 is 1.86 bits per heavy atom. The molecule has 0 aromatic heterocycles. The molecule has 0 aromatic carbocycles. The van der Waals surface area contributed by atoms with Crippen molar-refractivity contribution >= 4 is 11.8 Å². The highest BCUT2D eigenvalue weighted by Crippen LogP contribution is 2.37. The van der Waals surface area contributed by atoms with Gasteiger partial charge in [-0.2, -0.15) is 0 Å². The number of rotatable bonds is 7. The third-order valence-corrected chi connectivity index (χ3v) is 7.51. The molecular formula is C22H39N5O2. The molecule has 4 aliphatic heterocycles. The Morgan fingerprint density at radius 1 is 1.07 bits per heavy atom. The summed E-state index contributed by atoms with van der Waals surface area (Å²) in [5, 5.41) is 3.14. The maximum absolute atomic E-state index is 12.5. The number of nitrogens with one attached hydrogen (secondary N) is 1. The minimum atomic E-state index is 0.164. The summed E-state index contributed by atoms with van der Waals surface area (Å²) in [4.78, 5) is 34.2. The predicted octanol–water partition coefficient (Wildman–Crippen LogP) is 0.463. The summed E-state index contributed by atoms with van der Waals surface area (Å²) < 4.78 is 0. The summed E-state index contributed by atoms with van der Waals surface area (Å²) in [6, 6.07) is 0.423. The van der Waals surface area contributed by atoms with Gasteiger partial charge >= 0.3 is 0 Å². The first-order chi connectivity index (χ1) is 14.1. The Bertz CT molecular complexity index is 578. The monoisotopic (exact) mass is 405 g/mol. The molecule has 4 heterocycles. The molecule has 29 heavy (non-hydrogen) atoms. The van der Waals surface area contributed by atoms with Gasteiger partial charge < -0.3 is 20.0 Å². The van der Waals surface area contributed by atoms with Crippen molar-refractivity contribution in [3.63, 3.8) is 0 Å². The van der Waals surface area contributed by atoms with E-state index in [0.717, 1.165) is 78.0 Å². The van der Waals surface area contributed by atoms with Crippen molar-refractivity contribution < 1.29 is 9.59 Å². The van der Waals surface area contributed by atoms with E-state index in [4.69, 9.17) is 0 Å². The summed E-state index contributed by atoms with van der Waals surface area (Å²) in [7, 11) is 0. The molecule has 4 rings (SSSR count). The van der Waals surface area contributed by atoms with Crippen LogP contribution in [-0.4, -0.2) is 109 Å². The van der Waals surface area contributed by atoms with Crippen LogP contribution in [0.15, 0.2) is 0 Å². The number of carbonyl (C=O) groups is 2. The molecule has 0 saturated carbocycles. The first-order valence-corrected chi connectivity index (χ1v) is 11.9. The number of hydrogen-bond donors (Lipinski definition) is 1. The van der Waals surface area contributed by atoms with Crippen molar-refractivity contribution in [3.8, 4) is 0 Å². The fourth-order valence-electron chi connectivity index (χ4n) is 5.96. The van der Waals surface area contributed by atoms with Crippen LogP contribution in [0.1, 0.15) is 39.0 Å². The van der Waals surface area contributed by atoms with Gasteiger partial charge in [0.15, 0.2) is 0 Å². The lowest BCUT2D eigenvalue weighted by Gasteiger charge is -2.52. The number of piperazine rings is 1. The van der Waals surface area contributed by atoms with Gasteiger partial charge in [-0.1, -0.05) is 6.92 Å². The average Bonchev–Trinajstić information content (AvgIpc) is 2.72. The molecule has 1 N–H and O–H groups in total. The molecular weight excluding hydrogens is 366 g/mol. The minimum absolute atomic E-state index is 0.164. The molecule has 3 atom stereocenters. The second-order valence-corrected chi connectivity index (χ2v) is 9.54. The molecule has 2 bridgehead atoms. The summed E-state index contributed by atoms with van der Waals surface area (Å²) in [5.41, 5.74) is 0. The number of nitrogens with zero attached hydrogens (tertiary/aromatic N) is 4. The number of likely N-dealkylation sites (tertiary alicyclic amines) is 1. The second-order valence-electron chi connectivity index (χ2n) is 9.54. The molecule has 4 saturated heterocycles. The Kier molecular flexibility index (Phi) is 7.08. The molecule has 2 amide bonds. The highest BCUT2D eigenvalue weighted by atomic mass is 16.2. The highest BCUT2D eigenvalue weighted by molar-refractivity contribution is 5.78. The van der Waals surface area contributed by atoms with Gasteiger partial charge in [-0.15, -0.1) is 0 Å². The van der Waals surface area contributed by atoms with Crippen molar-refractivity contribution in [1.29, 1.82) is 0 Å². The van der Waals surface area contributed by atoms with Crippen molar-refractivity contribution in [2.24, 2.45) is 11.8 Å². The van der Waals surface area contributed by atoms with Crippen LogP contribution in [-0.2, 0) is 9.59 Å². The predicted molar refractivity (Wildman–Crippen MR) is 114 cm³/mol. The fourth-order valence-corrected chi connectivity index (χ4v) is 5.96. The van der Waals surface area contributed by atoms with Crippen LogP contribution in [0.25, 0.3) is 0 Å². The van der Waals surface area contributed by atoms with Crippen LogP contribution in [0.4, 0.5) is 0 Å². The lowest BCUT2D eigenvalue weighted by atomic mass is 9.76. The van der Waals surface area contributed by atoms with E-state index in [1.54, 1.807) is 0 Å². The lowest BCUT2D eigenvalue weighted by molar-refractivity contribution is -0.145. The Balaban J connectivity index is 1.14. The van der Waals surface area contributed by atoms with Gasteiger partial charge in [0.25, 0.3) is 0 Å². The van der Waals surface area contributed by atoms with Gasteiger partial charge in [-0.25, -0.2) is 0 Å². The Morgan fingerprint density at radius 3 is 2.66 bits per heavy atom. The number of carbonyl (C=O) groups excluding carboxylic acids is 2. The number of amides is 2. The highest BCUT2D eigenvalue weighted by Gasteiger charge is 2.43. The van der Waals surface area contributed by atoms with Crippen LogP contribution < -0.4 is 5.32 Å². The zero-order chi connectivity index (χ0) is 20.2. The van der Waals surface area contributed by atoms with E-state index in [1.165, 1.54) is 19.5 Å². The molecule has 0 radical (unpaired) electrons. The van der Waals surface area contributed by atoms with E-state index in [2.05, 4.69) is 31.8 Å².